The fourth-order valence-corrected chi connectivity index (χ4v) is 3.56. The van der Waals surface area contributed by atoms with Gasteiger partial charge in [0.2, 0.25) is 0 Å². The summed E-state index contributed by atoms with van der Waals surface area (Å²) in [5, 5.41) is 0. The first-order chi connectivity index (χ1) is 11.9. The van der Waals surface area contributed by atoms with Gasteiger partial charge in [-0.05, 0) is 27.2 Å². The molecule has 1 aromatic heterocycles. The van der Waals surface area contributed by atoms with Gasteiger partial charge >= 0.3 is 6.09 Å². The van der Waals surface area contributed by atoms with Gasteiger partial charge in [0.1, 0.15) is 11.4 Å². The lowest BCUT2D eigenvalue weighted by atomic mass is 10.0. The van der Waals surface area contributed by atoms with Crippen LogP contribution in [0.4, 0.5) is 10.5 Å². The molecule has 1 amide bonds. The van der Waals surface area contributed by atoms with Crippen molar-refractivity contribution in [1.29, 1.82) is 0 Å². The smallest absolute Gasteiger partial charge is 0.410 e. The van der Waals surface area contributed by atoms with Crippen molar-refractivity contribution < 1.29 is 14.3 Å². The Morgan fingerprint density at radius 3 is 2.48 bits per heavy atom. The van der Waals surface area contributed by atoms with E-state index in [1.54, 1.807) is 6.20 Å². The third-order valence-corrected chi connectivity index (χ3v) is 4.67. The van der Waals surface area contributed by atoms with E-state index in [-0.39, 0.29) is 6.09 Å². The zero-order chi connectivity index (χ0) is 18.0. The maximum absolute atomic E-state index is 12.3. The van der Waals surface area contributed by atoms with Crippen LogP contribution in [0.5, 0.6) is 5.75 Å². The minimum Gasteiger partial charge on any atom is -0.492 e. The van der Waals surface area contributed by atoms with Crippen molar-refractivity contribution in [3.05, 3.63) is 18.5 Å². The largest absolute Gasteiger partial charge is 0.492 e. The fourth-order valence-electron chi connectivity index (χ4n) is 3.56. The fraction of sp³-hybridized carbons (Fsp3) is 0.684. The summed E-state index contributed by atoms with van der Waals surface area (Å²) in [5.74, 6) is 1.81. The second-order valence-electron chi connectivity index (χ2n) is 8.04. The van der Waals surface area contributed by atoms with Crippen LogP contribution in [-0.2, 0) is 4.74 Å². The number of hydrogen-bond donors (Lipinski definition) is 0. The average molecular weight is 347 g/mol. The second-order valence-corrected chi connectivity index (χ2v) is 8.04. The Balaban J connectivity index is 1.57. The summed E-state index contributed by atoms with van der Waals surface area (Å²) in [6, 6.07) is 2.06. The molecule has 2 fully saturated rings. The van der Waals surface area contributed by atoms with E-state index in [4.69, 9.17) is 9.47 Å². The van der Waals surface area contributed by atoms with E-state index < -0.39 is 5.60 Å². The topological polar surface area (TPSA) is 54.9 Å². The molecular weight excluding hydrogens is 318 g/mol. The first-order valence-electron chi connectivity index (χ1n) is 9.16. The Morgan fingerprint density at radius 1 is 1.20 bits per heavy atom. The second kappa shape index (κ2) is 7.10. The van der Waals surface area contributed by atoms with Gasteiger partial charge < -0.3 is 19.3 Å². The number of nitrogens with zero attached hydrogens (tertiary/aromatic N) is 3. The normalized spacial score (nSPS) is 22.9. The number of rotatable bonds is 4. The molecule has 0 N–H and O–H groups in total. The summed E-state index contributed by atoms with van der Waals surface area (Å²) in [4.78, 5) is 20.8. The van der Waals surface area contributed by atoms with Crippen LogP contribution in [-0.4, -0.2) is 54.4 Å². The van der Waals surface area contributed by atoms with E-state index >= 15 is 0 Å². The maximum Gasteiger partial charge on any atom is 0.410 e. The molecule has 6 heteroatoms. The molecule has 2 saturated heterocycles. The molecule has 0 aromatic carbocycles. The predicted molar refractivity (Wildman–Crippen MR) is 97.0 cm³/mol. The summed E-state index contributed by atoms with van der Waals surface area (Å²) in [7, 11) is 0. The molecule has 3 heterocycles. The first kappa shape index (κ1) is 17.8. The standard InChI is InChI=1S/C19H29N3O3/c1-5-6-24-17-7-16(8-20-9-17)21-10-14-12-22(13-15(14)11-21)18(23)25-19(2,3)4/h7-9,14-15H,5-6,10-13H2,1-4H3/t14-,15+. The minimum absolute atomic E-state index is 0.190. The Hall–Kier alpha value is -1.98. The molecule has 1 aromatic rings. The molecule has 138 valence electrons. The van der Waals surface area contributed by atoms with Crippen molar-refractivity contribution in [2.45, 2.75) is 39.7 Å². The molecule has 2 aliphatic heterocycles. The number of anilines is 1. The third kappa shape index (κ3) is 4.35. The third-order valence-electron chi connectivity index (χ3n) is 4.67. The van der Waals surface area contributed by atoms with E-state index in [9.17, 15) is 4.79 Å². The molecule has 3 rings (SSSR count). The van der Waals surface area contributed by atoms with Crippen molar-refractivity contribution in [3.8, 4) is 5.75 Å². The minimum atomic E-state index is -0.439. The van der Waals surface area contributed by atoms with Crippen LogP contribution in [0.25, 0.3) is 0 Å². The molecule has 2 atom stereocenters. The number of hydrogen-bond acceptors (Lipinski definition) is 5. The first-order valence-corrected chi connectivity index (χ1v) is 9.16. The number of carbonyl (C=O) groups is 1. The molecule has 0 radical (unpaired) electrons. The lowest BCUT2D eigenvalue weighted by Gasteiger charge is -2.26. The van der Waals surface area contributed by atoms with Crippen LogP contribution in [0.15, 0.2) is 18.5 Å². The number of amides is 1. The lowest BCUT2D eigenvalue weighted by molar-refractivity contribution is 0.0282. The quantitative estimate of drug-likeness (QED) is 0.837. The number of pyridine rings is 1. The van der Waals surface area contributed by atoms with Crippen molar-refractivity contribution in [3.63, 3.8) is 0 Å². The summed E-state index contributed by atoms with van der Waals surface area (Å²) in [6.07, 6.45) is 4.45. The zero-order valence-corrected chi connectivity index (χ0v) is 15.7. The summed E-state index contributed by atoms with van der Waals surface area (Å²) in [5.41, 5.74) is 0.664. The molecular formula is C19H29N3O3. The Morgan fingerprint density at radius 2 is 1.88 bits per heavy atom. The SMILES string of the molecule is CCCOc1cncc(N2C[C@H]3CN(C(=O)OC(C)(C)C)C[C@H]3C2)c1. The van der Waals surface area contributed by atoms with Gasteiger partial charge in [-0.2, -0.15) is 0 Å². The lowest BCUT2D eigenvalue weighted by Crippen LogP contribution is -2.37. The Labute approximate surface area is 150 Å². The zero-order valence-electron chi connectivity index (χ0n) is 15.7. The van der Waals surface area contributed by atoms with E-state index in [0.717, 1.165) is 44.0 Å². The van der Waals surface area contributed by atoms with Gasteiger partial charge in [-0.15, -0.1) is 0 Å². The molecule has 0 bridgehead atoms. The van der Waals surface area contributed by atoms with E-state index in [1.807, 2.05) is 31.9 Å². The van der Waals surface area contributed by atoms with Gasteiger partial charge in [0.25, 0.3) is 0 Å². The monoisotopic (exact) mass is 347 g/mol. The molecule has 0 aliphatic carbocycles. The van der Waals surface area contributed by atoms with Gasteiger partial charge in [-0.3, -0.25) is 4.98 Å². The van der Waals surface area contributed by atoms with Crippen molar-refractivity contribution in [2.75, 3.05) is 37.7 Å². The summed E-state index contributed by atoms with van der Waals surface area (Å²) >= 11 is 0. The Bertz CT molecular complexity index is 600. The molecule has 0 saturated carbocycles. The van der Waals surface area contributed by atoms with Crippen LogP contribution < -0.4 is 9.64 Å². The van der Waals surface area contributed by atoms with Gasteiger partial charge in [0.05, 0.1) is 24.7 Å². The Kier molecular flexibility index (Phi) is 5.06. The number of ether oxygens (including phenoxy) is 2. The number of fused-ring (bicyclic) bond motifs is 1. The number of carbonyl (C=O) groups excluding carboxylic acids is 1. The number of aromatic nitrogens is 1. The molecule has 0 unspecified atom stereocenters. The van der Waals surface area contributed by atoms with Crippen LogP contribution >= 0.6 is 0 Å². The van der Waals surface area contributed by atoms with Crippen LogP contribution in [0.3, 0.4) is 0 Å². The maximum atomic E-state index is 12.3. The van der Waals surface area contributed by atoms with Crippen molar-refractivity contribution >= 4 is 11.8 Å². The van der Waals surface area contributed by atoms with Crippen LogP contribution in [0.1, 0.15) is 34.1 Å². The van der Waals surface area contributed by atoms with Gasteiger partial charge in [-0.1, -0.05) is 6.92 Å². The summed E-state index contributed by atoms with van der Waals surface area (Å²) < 4.78 is 11.2. The molecule has 25 heavy (non-hydrogen) atoms. The predicted octanol–water partition coefficient (Wildman–Crippen LogP) is 3.17. The summed E-state index contributed by atoms with van der Waals surface area (Å²) in [6.45, 7) is 12.0. The van der Waals surface area contributed by atoms with Gasteiger partial charge in [0.15, 0.2) is 0 Å². The highest BCUT2D eigenvalue weighted by Gasteiger charge is 2.42. The van der Waals surface area contributed by atoms with Gasteiger partial charge in [0, 0.05) is 44.1 Å². The average Bonchev–Trinajstić information content (AvgIpc) is 3.10. The molecule has 0 spiro atoms. The van der Waals surface area contributed by atoms with E-state index in [1.165, 1.54) is 0 Å². The van der Waals surface area contributed by atoms with Crippen LogP contribution in [0.2, 0.25) is 0 Å². The molecule has 2 aliphatic rings. The van der Waals surface area contributed by atoms with E-state index in [0.29, 0.717) is 18.4 Å². The van der Waals surface area contributed by atoms with Crippen molar-refractivity contribution in [2.24, 2.45) is 11.8 Å². The number of likely N-dealkylation sites (tertiary alicyclic amines) is 1. The molecule has 6 nitrogen and oxygen atoms in total. The van der Waals surface area contributed by atoms with Gasteiger partial charge in [-0.25, -0.2) is 4.79 Å². The van der Waals surface area contributed by atoms with E-state index in [2.05, 4.69) is 22.9 Å². The highest BCUT2D eigenvalue weighted by molar-refractivity contribution is 5.68. The highest BCUT2D eigenvalue weighted by Crippen LogP contribution is 2.35. The van der Waals surface area contributed by atoms with Crippen LogP contribution in [0, 0.1) is 11.8 Å². The van der Waals surface area contributed by atoms with Crippen molar-refractivity contribution in [1.82, 2.24) is 9.88 Å². The highest BCUT2D eigenvalue weighted by atomic mass is 16.6.